The van der Waals surface area contributed by atoms with Crippen LogP contribution >= 0.6 is 11.8 Å². The van der Waals surface area contributed by atoms with Crippen molar-refractivity contribution < 1.29 is 15.0 Å². The van der Waals surface area contributed by atoms with Gasteiger partial charge in [0.1, 0.15) is 5.25 Å². The third-order valence-electron chi connectivity index (χ3n) is 4.80. The summed E-state index contributed by atoms with van der Waals surface area (Å²) >= 11 is 1.62. The summed E-state index contributed by atoms with van der Waals surface area (Å²) in [7, 11) is 0. The number of aliphatic hydroxyl groups excluding tert-OH is 1. The minimum absolute atomic E-state index is 0.109. The van der Waals surface area contributed by atoms with Gasteiger partial charge in [-0.05, 0) is 55.1 Å². The normalized spacial score (nSPS) is 13.9. The lowest BCUT2D eigenvalue weighted by atomic mass is 9.82. The van der Waals surface area contributed by atoms with E-state index in [-0.39, 0.29) is 22.7 Å². The summed E-state index contributed by atoms with van der Waals surface area (Å²) < 4.78 is 0. The third kappa shape index (κ3) is 12.2. The van der Waals surface area contributed by atoms with E-state index < -0.39 is 5.97 Å². The van der Waals surface area contributed by atoms with Gasteiger partial charge >= 0.3 is 5.97 Å². The van der Waals surface area contributed by atoms with Crippen molar-refractivity contribution in [3.05, 3.63) is 0 Å². The Labute approximate surface area is 154 Å². The van der Waals surface area contributed by atoms with Crippen LogP contribution in [0, 0.1) is 10.8 Å². The Kier molecular flexibility index (Phi) is 12.1. The summed E-state index contributed by atoms with van der Waals surface area (Å²) in [5.74, 6) is 0.268. The first-order chi connectivity index (χ1) is 11.1. The van der Waals surface area contributed by atoms with Gasteiger partial charge in [0.25, 0.3) is 0 Å². The molecule has 1 unspecified atom stereocenters. The fourth-order valence-corrected chi connectivity index (χ4v) is 4.46. The van der Waals surface area contributed by atoms with Crippen LogP contribution in [0.3, 0.4) is 0 Å². The number of rotatable bonds is 15. The highest BCUT2D eigenvalue weighted by Crippen LogP contribution is 2.34. The molecule has 144 valence electrons. The largest absolute Gasteiger partial charge is 0.480 e. The van der Waals surface area contributed by atoms with Gasteiger partial charge in [0.05, 0.1) is 0 Å². The molecular formula is C20H40O3S. The predicted octanol–water partition coefficient (Wildman–Crippen LogP) is 5.75. The van der Waals surface area contributed by atoms with Crippen LogP contribution in [0.2, 0.25) is 0 Å². The van der Waals surface area contributed by atoms with Crippen molar-refractivity contribution in [1.82, 2.24) is 0 Å². The average Bonchev–Trinajstić information content (AvgIpc) is 2.49. The van der Waals surface area contributed by atoms with Crippen molar-refractivity contribution in [2.45, 2.75) is 97.7 Å². The van der Waals surface area contributed by atoms with Crippen molar-refractivity contribution in [3.8, 4) is 0 Å². The maximum absolute atomic E-state index is 11.5. The summed E-state index contributed by atoms with van der Waals surface area (Å²) in [6.45, 7) is 11.4. The van der Waals surface area contributed by atoms with Gasteiger partial charge in [0.15, 0.2) is 0 Å². The summed E-state index contributed by atoms with van der Waals surface area (Å²) in [4.78, 5) is 11.5. The van der Waals surface area contributed by atoms with Gasteiger partial charge in [0, 0.05) is 6.61 Å². The number of carboxylic acid groups (broad SMARTS) is 1. The van der Waals surface area contributed by atoms with Gasteiger partial charge in [-0.15, -0.1) is 11.8 Å². The lowest BCUT2D eigenvalue weighted by Crippen LogP contribution is -2.25. The summed E-state index contributed by atoms with van der Waals surface area (Å²) in [6.07, 6.45) is 9.49. The highest BCUT2D eigenvalue weighted by Gasteiger charge is 2.27. The number of carbonyl (C=O) groups is 1. The van der Waals surface area contributed by atoms with Crippen molar-refractivity contribution in [1.29, 1.82) is 0 Å². The van der Waals surface area contributed by atoms with E-state index in [1.54, 1.807) is 11.8 Å². The molecule has 0 heterocycles. The van der Waals surface area contributed by atoms with E-state index in [0.29, 0.717) is 0 Å². The minimum atomic E-state index is -0.659. The molecule has 0 aliphatic carbocycles. The Balaban J connectivity index is 4.12. The number of carboxylic acids is 1. The number of hydrogen-bond donors (Lipinski definition) is 2. The summed E-state index contributed by atoms with van der Waals surface area (Å²) in [6, 6.07) is 0. The van der Waals surface area contributed by atoms with E-state index in [2.05, 4.69) is 34.6 Å². The molecule has 0 aromatic heterocycles. The number of aliphatic carboxylic acids is 1. The van der Waals surface area contributed by atoms with E-state index in [1.807, 2.05) is 0 Å². The summed E-state index contributed by atoms with van der Waals surface area (Å²) in [5, 5.41) is 18.2. The maximum atomic E-state index is 11.5. The second-order valence-electron chi connectivity index (χ2n) is 8.62. The molecule has 0 aromatic rings. The minimum Gasteiger partial charge on any atom is -0.480 e. The molecule has 0 fully saturated rings. The molecule has 0 aliphatic heterocycles. The van der Waals surface area contributed by atoms with Crippen molar-refractivity contribution >= 4 is 17.7 Å². The SMILES string of the molecule is CCCCC(C)(C)CC(SCCCCC(C)(C)CCCO)C(=O)O. The van der Waals surface area contributed by atoms with Crippen LogP contribution in [-0.4, -0.2) is 33.8 Å². The van der Waals surface area contributed by atoms with Gasteiger partial charge in [-0.25, -0.2) is 0 Å². The van der Waals surface area contributed by atoms with Crippen LogP contribution in [0.25, 0.3) is 0 Å². The molecule has 0 spiro atoms. The number of unbranched alkanes of at least 4 members (excludes halogenated alkanes) is 2. The van der Waals surface area contributed by atoms with Gasteiger partial charge in [-0.1, -0.05) is 53.9 Å². The maximum Gasteiger partial charge on any atom is 0.316 e. The topological polar surface area (TPSA) is 57.5 Å². The molecular weight excluding hydrogens is 320 g/mol. The molecule has 0 saturated heterocycles. The van der Waals surface area contributed by atoms with E-state index in [1.165, 1.54) is 12.8 Å². The van der Waals surface area contributed by atoms with Crippen molar-refractivity contribution in [2.75, 3.05) is 12.4 Å². The molecule has 0 aromatic carbocycles. The van der Waals surface area contributed by atoms with Crippen molar-refractivity contribution in [3.63, 3.8) is 0 Å². The van der Waals surface area contributed by atoms with Gasteiger partial charge in [-0.3, -0.25) is 4.79 Å². The number of hydrogen-bond acceptors (Lipinski definition) is 3. The van der Waals surface area contributed by atoms with E-state index in [9.17, 15) is 9.90 Å². The highest BCUT2D eigenvalue weighted by molar-refractivity contribution is 8.00. The van der Waals surface area contributed by atoms with Crippen LogP contribution < -0.4 is 0 Å². The smallest absolute Gasteiger partial charge is 0.316 e. The van der Waals surface area contributed by atoms with E-state index >= 15 is 0 Å². The zero-order chi connectivity index (χ0) is 18.6. The van der Waals surface area contributed by atoms with Gasteiger partial charge in [0.2, 0.25) is 0 Å². The standard InChI is InChI=1S/C20H40O3S/c1-6-7-11-20(4,5)16-17(18(22)23)24-15-9-8-12-19(2,3)13-10-14-21/h17,21H,6-16H2,1-5H3,(H,22,23). The molecule has 24 heavy (non-hydrogen) atoms. The first-order valence-corrected chi connectivity index (χ1v) is 10.6. The second kappa shape index (κ2) is 12.2. The molecule has 3 nitrogen and oxygen atoms in total. The Morgan fingerprint density at radius 3 is 2.08 bits per heavy atom. The zero-order valence-electron chi connectivity index (χ0n) is 16.6. The Hall–Kier alpha value is -0.220. The third-order valence-corrected chi connectivity index (χ3v) is 6.09. The Morgan fingerprint density at radius 2 is 1.54 bits per heavy atom. The highest BCUT2D eigenvalue weighted by atomic mass is 32.2. The van der Waals surface area contributed by atoms with Crippen LogP contribution in [0.4, 0.5) is 0 Å². The monoisotopic (exact) mass is 360 g/mol. The lowest BCUT2D eigenvalue weighted by Gasteiger charge is -2.28. The van der Waals surface area contributed by atoms with Crippen LogP contribution in [0.5, 0.6) is 0 Å². The fraction of sp³-hybridized carbons (Fsp3) is 0.950. The first-order valence-electron chi connectivity index (χ1n) is 9.59. The second-order valence-corrected chi connectivity index (χ2v) is 9.93. The zero-order valence-corrected chi connectivity index (χ0v) is 17.4. The lowest BCUT2D eigenvalue weighted by molar-refractivity contribution is -0.137. The van der Waals surface area contributed by atoms with Gasteiger partial charge < -0.3 is 10.2 Å². The predicted molar refractivity (Wildman–Crippen MR) is 106 cm³/mol. The molecule has 2 N–H and O–H groups in total. The molecule has 0 rings (SSSR count). The first kappa shape index (κ1) is 23.8. The molecule has 0 bridgehead atoms. The summed E-state index contributed by atoms with van der Waals surface area (Å²) in [5.41, 5.74) is 0.389. The molecule has 4 heteroatoms. The Morgan fingerprint density at radius 1 is 0.958 bits per heavy atom. The van der Waals surface area contributed by atoms with Crippen molar-refractivity contribution in [2.24, 2.45) is 10.8 Å². The molecule has 0 radical (unpaired) electrons. The van der Waals surface area contributed by atoms with Gasteiger partial charge in [-0.2, -0.15) is 0 Å². The van der Waals surface area contributed by atoms with E-state index in [4.69, 9.17) is 5.11 Å². The quantitative estimate of drug-likeness (QED) is 0.365. The van der Waals surface area contributed by atoms with Crippen LogP contribution in [-0.2, 0) is 4.79 Å². The van der Waals surface area contributed by atoms with E-state index in [0.717, 1.165) is 50.7 Å². The number of aliphatic hydroxyl groups is 1. The average molecular weight is 361 g/mol. The number of thioether (sulfide) groups is 1. The van der Waals surface area contributed by atoms with Crippen LogP contribution in [0.1, 0.15) is 92.4 Å². The fourth-order valence-electron chi connectivity index (χ4n) is 3.09. The Bertz CT molecular complexity index is 340. The molecule has 1 atom stereocenters. The molecule has 0 amide bonds. The molecule has 0 aliphatic rings. The van der Waals surface area contributed by atoms with Crippen LogP contribution in [0.15, 0.2) is 0 Å². The molecule has 0 saturated carbocycles.